The summed E-state index contributed by atoms with van der Waals surface area (Å²) in [4.78, 5) is 0. The molecule has 0 radical (unpaired) electrons. The van der Waals surface area contributed by atoms with Crippen LogP contribution in [-0.2, 0) is 16.6 Å². The Hall–Kier alpha value is -0.920. The standard InChI is InChI=1S/C12H22N4O2S/c1-3-12(6-5-7-12)16-19(17,18)11-10(8-13-4-2)9-14-15-11/h9,13,16H,3-8H2,1-2H3,(H,14,15). The smallest absolute Gasteiger partial charge is 0.258 e. The zero-order valence-electron chi connectivity index (χ0n) is 11.5. The maximum atomic E-state index is 12.4. The first-order valence-corrected chi connectivity index (χ1v) is 8.28. The molecule has 1 aromatic rings. The molecule has 7 heteroatoms. The summed E-state index contributed by atoms with van der Waals surface area (Å²) >= 11 is 0. The van der Waals surface area contributed by atoms with Gasteiger partial charge in [0, 0.05) is 17.6 Å². The SMILES string of the molecule is CCNCc1cn[nH]c1S(=O)(=O)NC1(CC)CCC1. The molecule has 19 heavy (non-hydrogen) atoms. The van der Waals surface area contributed by atoms with Gasteiger partial charge in [0.05, 0.1) is 6.20 Å². The zero-order valence-corrected chi connectivity index (χ0v) is 12.3. The monoisotopic (exact) mass is 286 g/mol. The van der Waals surface area contributed by atoms with Crippen LogP contribution in [0.15, 0.2) is 11.2 Å². The summed E-state index contributed by atoms with van der Waals surface area (Å²) < 4.78 is 27.7. The highest BCUT2D eigenvalue weighted by molar-refractivity contribution is 7.89. The predicted molar refractivity (Wildman–Crippen MR) is 73.2 cm³/mol. The lowest BCUT2D eigenvalue weighted by Gasteiger charge is -2.41. The average molecular weight is 286 g/mol. The third-order valence-corrected chi connectivity index (χ3v) is 5.44. The Morgan fingerprint density at radius 2 is 2.16 bits per heavy atom. The van der Waals surface area contributed by atoms with Crippen LogP contribution >= 0.6 is 0 Å². The van der Waals surface area contributed by atoms with E-state index in [9.17, 15) is 8.42 Å². The van der Waals surface area contributed by atoms with Crippen LogP contribution in [0.3, 0.4) is 0 Å². The normalized spacial score (nSPS) is 18.2. The van der Waals surface area contributed by atoms with Crippen LogP contribution < -0.4 is 10.0 Å². The molecule has 6 nitrogen and oxygen atoms in total. The van der Waals surface area contributed by atoms with Gasteiger partial charge >= 0.3 is 0 Å². The molecule has 2 rings (SSSR count). The van der Waals surface area contributed by atoms with Crippen molar-refractivity contribution in [2.24, 2.45) is 0 Å². The van der Waals surface area contributed by atoms with Crippen LogP contribution in [0.25, 0.3) is 0 Å². The van der Waals surface area contributed by atoms with Crippen LogP contribution in [-0.4, -0.2) is 30.7 Å². The van der Waals surface area contributed by atoms with Crippen molar-refractivity contribution in [3.63, 3.8) is 0 Å². The molecule has 0 aliphatic heterocycles. The topological polar surface area (TPSA) is 86.9 Å². The second-order valence-corrected chi connectivity index (χ2v) is 6.72. The number of aromatic amines is 1. The van der Waals surface area contributed by atoms with E-state index >= 15 is 0 Å². The third kappa shape index (κ3) is 2.98. The molecule has 1 saturated carbocycles. The van der Waals surface area contributed by atoms with E-state index in [1.165, 1.54) is 0 Å². The van der Waals surface area contributed by atoms with Gasteiger partial charge in [-0.25, -0.2) is 13.1 Å². The fraction of sp³-hybridized carbons (Fsp3) is 0.750. The molecule has 0 spiro atoms. The molecule has 1 heterocycles. The number of nitrogens with zero attached hydrogens (tertiary/aromatic N) is 1. The molecule has 1 aromatic heterocycles. The Labute approximate surface area is 114 Å². The molecule has 0 bridgehead atoms. The summed E-state index contributed by atoms with van der Waals surface area (Å²) in [6.45, 7) is 5.29. The number of sulfonamides is 1. The minimum atomic E-state index is -3.52. The quantitative estimate of drug-likeness (QED) is 0.701. The summed E-state index contributed by atoms with van der Waals surface area (Å²) in [5, 5.41) is 9.77. The lowest BCUT2D eigenvalue weighted by atomic mass is 9.76. The van der Waals surface area contributed by atoms with Gasteiger partial charge in [0.25, 0.3) is 10.0 Å². The Bertz CT molecular complexity index is 514. The number of H-pyrrole nitrogens is 1. The summed E-state index contributed by atoms with van der Waals surface area (Å²) in [5.74, 6) is 0. The van der Waals surface area contributed by atoms with Gasteiger partial charge < -0.3 is 5.32 Å². The van der Waals surface area contributed by atoms with Gasteiger partial charge in [-0.15, -0.1) is 0 Å². The fourth-order valence-corrected chi connectivity index (χ4v) is 4.05. The largest absolute Gasteiger partial charge is 0.313 e. The zero-order chi connectivity index (χ0) is 13.9. The highest BCUT2D eigenvalue weighted by atomic mass is 32.2. The van der Waals surface area contributed by atoms with Crippen LogP contribution in [0.4, 0.5) is 0 Å². The summed E-state index contributed by atoms with van der Waals surface area (Å²) in [7, 11) is -3.52. The van der Waals surface area contributed by atoms with Gasteiger partial charge in [-0.05, 0) is 32.2 Å². The van der Waals surface area contributed by atoms with E-state index in [1.54, 1.807) is 6.20 Å². The van der Waals surface area contributed by atoms with E-state index in [1.807, 2.05) is 13.8 Å². The van der Waals surface area contributed by atoms with Crippen molar-refractivity contribution in [3.8, 4) is 0 Å². The molecular formula is C12H22N4O2S. The van der Waals surface area contributed by atoms with Crippen LogP contribution in [0.2, 0.25) is 0 Å². The minimum Gasteiger partial charge on any atom is -0.313 e. The second-order valence-electron chi connectivity index (χ2n) is 5.10. The Morgan fingerprint density at radius 1 is 1.42 bits per heavy atom. The minimum absolute atomic E-state index is 0.188. The maximum Gasteiger partial charge on any atom is 0.258 e. The van der Waals surface area contributed by atoms with Crippen molar-refractivity contribution < 1.29 is 8.42 Å². The van der Waals surface area contributed by atoms with Gasteiger partial charge in [-0.3, -0.25) is 5.10 Å². The summed E-state index contributed by atoms with van der Waals surface area (Å²) in [6, 6.07) is 0. The molecule has 1 aliphatic rings. The first kappa shape index (κ1) is 14.5. The molecule has 0 amide bonds. The second kappa shape index (κ2) is 5.60. The molecule has 3 N–H and O–H groups in total. The van der Waals surface area contributed by atoms with Gasteiger partial charge in [0.15, 0.2) is 5.03 Å². The average Bonchev–Trinajstić information content (AvgIpc) is 2.80. The number of nitrogens with one attached hydrogen (secondary N) is 3. The number of aromatic nitrogens is 2. The van der Waals surface area contributed by atoms with Crippen molar-refractivity contribution in [2.75, 3.05) is 6.54 Å². The molecular weight excluding hydrogens is 264 g/mol. The first-order chi connectivity index (χ1) is 9.03. The van der Waals surface area contributed by atoms with E-state index < -0.39 is 10.0 Å². The lowest BCUT2D eigenvalue weighted by Crippen LogP contribution is -2.53. The van der Waals surface area contributed by atoms with E-state index in [-0.39, 0.29) is 10.6 Å². The van der Waals surface area contributed by atoms with Crippen molar-refractivity contribution in [2.45, 2.75) is 56.6 Å². The number of rotatable bonds is 7. The van der Waals surface area contributed by atoms with E-state index in [0.717, 1.165) is 32.2 Å². The lowest BCUT2D eigenvalue weighted by molar-refractivity contribution is 0.213. The molecule has 0 aromatic carbocycles. The Balaban J connectivity index is 2.17. The Morgan fingerprint density at radius 3 is 2.68 bits per heavy atom. The predicted octanol–water partition coefficient (Wildman–Crippen LogP) is 1.13. The van der Waals surface area contributed by atoms with Crippen LogP contribution in [0.5, 0.6) is 0 Å². The third-order valence-electron chi connectivity index (χ3n) is 3.85. The van der Waals surface area contributed by atoms with Crippen molar-refractivity contribution >= 4 is 10.0 Å². The maximum absolute atomic E-state index is 12.4. The van der Waals surface area contributed by atoms with Gasteiger partial charge in [-0.1, -0.05) is 13.8 Å². The van der Waals surface area contributed by atoms with Gasteiger partial charge in [0.2, 0.25) is 0 Å². The first-order valence-electron chi connectivity index (χ1n) is 6.80. The summed E-state index contributed by atoms with van der Waals surface area (Å²) in [5.41, 5.74) is 0.430. The number of hydrogen-bond acceptors (Lipinski definition) is 4. The van der Waals surface area contributed by atoms with Crippen molar-refractivity contribution in [3.05, 3.63) is 11.8 Å². The van der Waals surface area contributed by atoms with Crippen molar-refractivity contribution in [1.82, 2.24) is 20.2 Å². The van der Waals surface area contributed by atoms with Gasteiger partial charge in [0.1, 0.15) is 0 Å². The van der Waals surface area contributed by atoms with E-state index in [0.29, 0.717) is 12.1 Å². The van der Waals surface area contributed by atoms with Crippen LogP contribution in [0.1, 0.15) is 45.1 Å². The molecule has 0 saturated heterocycles. The molecule has 0 atom stereocenters. The Kier molecular flexibility index (Phi) is 4.27. The van der Waals surface area contributed by atoms with E-state index in [2.05, 4.69) is 20.2 Å². The van der Waals surface area contributed by atoms with Gasteiger partial charge in [-0.2, -0.15) is 5.10 Å². The molecule has 108 valence electrons. The van der Waals surface area contributed by atoms with E-state index in [4.69, 9.17) is 0 Å². The molecule has 0 unspecified atom stereocenters. The highest BCUT2D eigenvalue weighted by Gasteiger charge is 2.39. The van der Waals surface area contributed by atoms with Crippen molar-refractivity contribution in [1.29, 1.82) is 0 Å². The summed E-state index contributed by atoms with van der Waals surface area (Å²) in [6.07, 6.45) is 5.31. The molecule has 1 fully saturated rings. The number of hydrogen-bond donors (Lipinski definition) is 3. The van der Waals surface area contributed by atoms with Crippen LogP contribution in [0, 0.1) is 0 Å². The highest BCUT2D eigenvalue weighted by Crippen LogP contribution is 2.36. The molecule has 1 aliphatic carbocycles. The fourth-order valence-electron chi connectivity index (χ4n) is 2.38.